The SMILES string of the molecule is COc1cc(CC(=O)NCCCOCCO)ccc1C. The van der Waals surface area contributed by atoms with E-state index in [0.29, 0.717) is 26.2 Å². The number of benzene rings is 1. The maximum atomic E-state index is 11.8. The van der Waals surface area contributed by atoms with Gasteiger partial charge in [0.1, 0.15) is 5.75 Å². The molecule has 0 aliphatic carbocycles. The Morgan fingerprint density at radius 2 is 2.15 bits per heavy atom. The number of carbonyl (C=O) groups is 1. The highest BCUT2D eigenvalue weighted by Crippen LogP contribution is 2.19. The van der Waals surface area contributed by atoms with Crippen LogP contribution in [0.3, 0.4) is 0 Å². The molecule has 112 valence electrons. The van der Waals surface area contributed by atoms with Crippen LogP contribution in [0, 0.1) is 6.92 Å². The molecule has 0 spiro atoms. The minimum atomic E-state index is -0.0157. The van der Waals surface area contributed by atoms with Crippen LogP contribution in [-0.2, 0) is 16.0 Å². The number of methoxy groups -OCH3 is 1. The molecule has 1 rings (SSSR count). The fourth-order valence-electron chi connectivity index (χ4n) is 1.79. The summed E-state index contributed by atoms with van der Waals surface area (Å²) in [5, 5.41) is 11.4. The summed E-state index contributed by atoms with van der Waals surface area (Å²) in [7, 11) is 1.62. The van der Waals surface area contributed by atoms with Crippen LogP contribution in [0.1, 0.15) is 17.5 Å². The third-order valence-electron chi connectivity index (χ3n) is 2.86. The highest BCUT2D eigenvalue weighted by Gasteiger charge is 2.05. The molecule has 5 nitrogen and oxygen atoms in total. The predicted octanol–water partition coefficient (Wildman–Crippen LogP) is 1.06. The van der Waals surface area contributed by atoms with Crippen molar-refractivity contribution in [1.82, 2.24) is 5.32 Å². The zero-order chi connectivity index (χ0) is 14.8. The molecule has 0 atom stereocenters. The first kappa shape index (κ1) is 16.5. The number of carbonyl (C=O) groups excluding carboxylic acids is 1. The highest BCUT2D eigenvalue weighted by atomic mass is 16.5. The molecule has 5 heteroatoms. The van der Waals surface area contributed by atoms with Crippen molar-refractivity contribution in [2.75, 3.05) is 33.5 Å². The molecular weight excluding hydrogens is 258 g/mol. The summed E-state index contributed by atoms with van der Waals surface area (Å²) in [6, 6.07) is 5.77. The molecule has 2 N–H and O–H groups in total. The fraction of sp³-hybridized carbons (Fsp3) is 0.533. The first-order chi connectivity index (χ1) is 9.67. The fourth-order valence-corrected chi connectivity index (χ4v) is 1.79. The van der Waals surface area contributed by atoms with Crippen LogP contribution in [0.4, 0.5) is 0 Å². The van der Waals surface area contributed by atoms with Gasteiger partial charge in [0.25, 0.3) is 0 Å². The second-order valence-electron chi connectivity index (χ2n) is 4.52. The van der Waals surface area contributed by atoms with Crippen molar-refractivity contribution < 1.29 is 19.4 Å². The van der Waals surface area contributed by atoms with Gasteiger partial charge in [-0.25, -0.2) is 0 Å². The van der Waals surface area contributed by atoms with Crippen LogP contribution >= 0.6 is 0 Å². The molecule has 0 unspecified atom stereocenters. The molecule has 0 aliphatic heterocycles. The van der Waals surface area contributed by atoms with Crippen molar-refractivity contribution >= 4 is 5.91 Å². The number of nitrogens with one attached hydrogen (secondary N) is 1. The first-order valence-corrected chi connectivity index (χ1v) is 6.76. The highest BCUT2D eigenvalue weighted by molar-refractivity contribution is 5.78. The standard InChI is InChI=1S/C15H23NO4/c1-12-4-5-13(10-14(12)19-2)11-15(18)16-6-3-8-20-9-7-17/h4-5,10,17H,3,6-9,11H2,1-2H3,(H,16,18). The molecule has 1 aromatic rings. The lowest BCUT2D eigenvalue weighted by Crippen LogP contribution is -2.26. The maximum Gasteiger partial charge on any atom is 0.224 e. The summed E-state index contributed by atoms with van der Waals surface area (Å²) < 4.78 is 10.3. The molecule has 0 aromatic heterocycles. The Morgan fingerprint density at radius 3 is 2.85 bits per heavy atom. The van der Waals surface area contributed by atoms with Crippen LogP contribution in [0.5, 0.6) is 5.75 Å². The van der Waals surface area contributed by atoms with E-state index in [4.69, 9.17) is 14.6 Å². The Morgan fingerprint density at radius 1 is 1.35 bits per heavy atom. The third-order valence-corrected chi connectivity index (χ3v) is 2.86. The number of ether oxygens (including phenoxy) is 2. The Bertz CT molecular complexity index is 420. The normalized spacial score (nSPS) is 10.3. The summed E-state index contributed by atoms with van der Waals surface area (Å²) >= 11 is 0. The van der Waals surface area contributed by atoms with Gasteiger partial charge in [-0.3, -0.25) is 4.79 Å². The molecule has 1 amide bonds. The lowest BCUT2D eigenvalue weighted by Gasteiger charge is -2.08. The average molecular weight is 281 g/mol. The van der Waals surface area contributed by atoms with Crippen LogP contribution in [0.25, 0.3) is 0 Å². The van der Waals surface area contributed by atoms with Crippen LogP contribution in [-0.4, -0.2) is 44.5 Å². The van der Waals surface area contributed by atoms with Crippen molar-refractivity contribution in [2.24, 2.45) is 0 Å². The Hall–Kier alpha value is -1.59. The van der Waals surface area contributed by atoms with Crippen molar-refractivity contribution in [1.29, 1.82) is 0 Å². The number of rotatable bonds is 9. The minimum Gasteiger partial charge on any atom is -0.496 e. The molecule has 0 saturated heterocycles. The Kier molecular flexibility index (Phi) is 7.69. The van der Waals surface area contributed by atoms with Crippen LogP contribution in [0.2, 0.25) is 0 Å². The number of aryl methyl sites for hydroxylation is 1. The summed E-state index contributed by atoms with van der Waals surface area (Å²) in [6.45, 7) is 3.46. The summed E-state index contributed by atoms with van der Waals surface area (Å²) in [5.41, 5.74) is 1.99. The topological polar surface area (TPSA) is 67.8 Å². The molecule has 1 aromatic carbocycles. The van der Waals surface area contributed by atoms with Gasteiger partial charge >= 0.3 is 0 Å². The third kappa shape index (κ3) is 6.04. The smallest absolute Gasteiger partial charge is 0.224 e. The second kappa shape index (κ2) is 9.34. The van der Waals surface area contributed by atoms with Gasteiger partial charge in [-0.2, -0.15) is 0 Å². The monoisotopic (exact) mass is 281 g/mol. The van der Waals surface area contributed by atoms with Crippen LogP contribution < -0.4 is 10.1 Å². The Labute approximate surface area is 119 Å². The minimum absolute atomic E-state index is 0.0157. The number of amides is 1. The second-order valence-corrected chi connectivity index (χ2v) is 4.52. The van der Waals surface area contributed by atoms with Gasteiger partial charge in [-0.1, -0.05) is 12.1 Å². The molecule has 0 radical (unpaired) electrons. The van der Waals surface area contributed by atoms with E-state index in [9.17, 15) is 4.79 Å². The zero-order valence-electron chi connectivity index (χ0n) is 12.1. The van der Waals surface area contributed by atoms with E-state index in [1.54, 1.807) is 7.11 Å². The van der Waals surface area contributed by atoms with Crippen molar-refractivity contribution in [2.45, 2.75) is 19.8 Å². The van der Waals surface area contributed by atoms with Gasteiger partial charge in [0.05, 0.1) is 26.7 Å². The van der Waals surface area contributed by atoms with Gasteiger partial charge in [0.15, 0.2) is 0 Å². The number of aliphatic hydroxyl groups excluding tert-OH is 1. The zero-order valence-corrected chi connectivity index (χ0v) is 12.1. The molecule has 0 heterocycles. The van der Waals surface area contributed by atoms with Crippen molar-refractivity contribution in [3.8, 4) is 5.75 Å². The van der Waals surface area contributed by atoms with Gasteiger partial charge in [-0.15, -0.1) is 0 Å². The first-order valence-electron chi connectivity index (χ1n) is 6.76. The Balaban J connectivity index is 2.28. The van der Waals surface area contributed by atoms with Crippen molar-refractivity contribution in [3.63, 3.8) is 0 Å². The molecular formula is C15H23NO4. The number of hydrogen-bond donors (Lipinski definition) is 2. The average Bonchev–Trinajstić information content (AvgIpc) is 2.44. The van der Waals surface area contributed by atoms with Gasteiger partial charge in [0.2, 0.25) is 5.91 Å². The van der Waals surface area contributed by atoms with Gasteiger partial charge < -0.3 is 19.9 Å². The number of aliphatic hydroxyl groups is 1. The predicted molar refractivity (Wildman–Crippen MR) is 77.0 cm³/mol. The molecule has 0 bridgehead atoms. The van der Waals surface area contributed by atoms with Crippen LogP contribution in [0.15, 0.2) is 18.2 Å². The lowest BCUT2D eigenvalue weighted by atomic mass is 10.1. The lowest BCUT2D eigenvalue weighted by molar-refractivity contribution is -0.120. The quantitative estimate of drug-likeness (QED) is 0.664. The van der Waals surface area contributed by atoms with E-state index in [1.807, 2.05) is 25.1 Å². The summed E-state index contributed by atoms with van der Waals surface area (Å²) in [5.74, 6) is 0.783. The van der Waals surface area contributed by atoms with E-state index in [1.165, 1.54) is 0 Å². The molecule has 0 saturated carbocycles. The molecule has 20 heavy (non-hydrogen) atoms. The largest absolute Gasteiger partial charge is 0.496 e. The van der Waals surface area contributed by atoms with E-state index in [0.717, 1.165) is 23.3 Å². The van der Waals surface area contributed by atoms with Gasteiger partial charge in [-0.05, 0) is 30.5 Å². The molecule has 0 fully saturated rings. The summed E-state index contributed by atoms with van der Waals surface area (Å²) in [4.78, 5) is 11.8. The number of hydrogen-bond acceptors (Lipinski definition) is 4. The maximum absolute atomic E-state index is 11.8. The van der Waals surface area contributed by atoms with E-state index >= 15 is 0 Å². The van der Waals surface area contributed by atoms with E-state index in [-0.39, 0.29) is 12.5 Å². The van der Waals surface area contributed by atoms with E-state index in [2.05, 4.69) is 5.32 Å². The molecule has 0 aliphatic rings. The summed E-state index contributed by atoms with van der Waals surface area (Å²) in [6.07, 6.45) is 1.08. The van der Waals surface area contributed by atoms with E-state index < -0.39 is 0 Å². The van der Waals surface area contributed by atoms with Gasteiger partial charge in [0, 0.05) is 13.2 Å². The van der Waals surface area contributed by atoms with Crippen molar-refractivity contribution in [3.05, 3.63) is 29.3 Å².